The van der Waals surface area contributed by atoms with Crippen LogP contribution >= 0.6 is 0 Å². The van der Waals surface area contributed by atoms with E-state index in [9.17, 15) is 9.59 Å². The number of amides is 2. The minimum Gasteiger partial charge on any atom is -0.341 e. The van der Waals surface area contributed by atoms with E-state index in [2.05, 4.69) is 108 Å². The summed E-state index contributed by atoms with van der Waals surface area (Å²) < 4.78 is 4.61. The van der Waals surface area contributed by atoms with Crippen molar-refractivity contribution in [1.82, 2.24) is 9.13 Å². The number of aryl methyl sites for hydroxylation is 2. The molecule has 0 unspecified atom stereocenters. The van der Waals surface area contributed by atoms with Crippen molar-refractivity contribution in [3.8, 4) is 0 Å². The molecule has 6 heteroatoms. The summed E-state index contributed by atoms with van der Waals surface area (Å²) in [5, 5.41) is 10.8. The van der Waals surface area contributed by atoms with Gasteiger partial charge in [-0.25, -0.2) is 0 Å². The van der Waals surface area contributed by atoms with Crippen molar-refractivity contribution < 1.29 is 9.59 Å². The van der Waals surface area contributed by atoms with Gasteiger partial charge in [0, 0.05) is 80.9 Å². The molecule has 0 atom stereocenters. The Morgan fingerprint density at radius 3 is 1.45 bits per heavy atom. The van der Waals surface area contributed by atoms with Gasteiger partial charge in [-0.1, -0.05) is 50.2 Å². The fraction of sp³-hybridized carbons (Fsp3) is 0.278. The highest BCUT2D eigenvalue weighted by atomic mass is 16.2. The van der Waals surface area contributed by atoms with E-state index in [0.29, 0.717) is 0 Å². The van der Waals surface area contributed by atoms with Gasteiger partial charge in [-0.3, -0.25) is 9.59 Å². The predicted molar refractivity (Wildman–Crippen MR) is 177 cm³/mol. The average molecular weight is 561 g/mol. The molecular formula is C36H40N4O2. The van der Waals surface area contributed by atoms with Crippen molar-refractivity contribution in [2.45, 2.75) is 60.5 Å². The fourth-order valence-electron chi connectivity index (χ4n) is 6.05. The van der Waals surface area contributed by atoms with Gasteiger partial charge in [0.1, 0.15) is 0 Å². The van der Waals surface area contributed by atoms with Gasteiger partial charge < -0.3 is 19.8 Å². The molecular weight excluding hydrogens is 520 g/mol. The second-order valence-electron chi connectivity index (χ2n) is 10.7. The van der Waals surface area contributed by atoms with Crippen LogP contribution in [0.5, 0.6) is 0 Å². The van der Waals surface area contributed by atoms with Gasteiger partial charge >= 0.3 is 0 Å². The lowest BCUT2D eigenvalue weighted by Gasteiger charge is -2.13. The largest absolute Gasteiger partial charge is 0.341 e. The molecule has 0 aliphatic heterocycles. The Kier molecular flexibility index (Phi) is 8.62. The SMILES string of the molecule is CCC(CC)C(=O)Nc1ccc2c(c1)c1ccccc1n2CC.CCn1c2ccccc2c2cc(NC(C)=O)ccc21. The summed E-state index contributed by atoms with van der Waals surface area (Å²) in [6, 6.07) is 29.1. The van der Waals surface area contributed by atoms with E-state index in [-0.39, 0.29) is 17.7 Å². The minimum absolute atomic E-state index is 0.0430. The molecule has 0 aliphatic rings. The summed E-state index contributed by atoms with van der Waals surface area (Å²) in [4.78, 5) is 23.5. The molecule has 0 aliphatic carbocycles. The van der Waals surface area contributed by atoms with Crippen molar-refractivity contribution in [1.29, 1.82) is 0 Å². The number of carbonyl (C=O) groups excluding carboxylic acids is 2. The zero-order valence-corrected chi connectivity index (χ0v) is 25.2. The quantitative estimate of drug-likeness (QED) is 0.205. The van der Waals surface area contributed by atoms with Crippen LogP contribution in [0.1, 0.15) is 47.5 Å². The third kappa shape index (κ3) is 5.49. The second-order valence-corrected chi connectivity index (χ2v) is 10.7. The number of nitrogens with zero attached hydrogens (tertiary/aromatic N) is 2. The van der Waals surface area contributed by atoms with Crippen molar-refractivity contribution in [3.63, 3.8) is 0 Å². The van der Waals surface area contributed by atoms with Crippen molar-refractivity contribution in [2.24, 2.45) is 5.92 Å². The Labute approximate surface area is 247 Å². The Morgan fingerprint density at radius 1 is 0.595 bits per heavy atom. The van der Waals surface area contributed by atoms with Gasteiger partial charge in [0.15, 0.2) is 0 Å². The summed E-state index contributed by atoms with van der Waals surface area (Å²) >= 11 is 0. The lowest BCUT2D eigenvalue weighted by atomic mass is 10.0. The Bertz CT molecular complexity index is 1890. The maximum absolute atomic E-state index is 12.3. The summed E-state index contributed by atoms with van der Waals surface area (Å²) in [5.41, 5.74) is 6.63. The number of benzene rings is 4. The molecule has 2 amide bonds. The van der Waals surface area contributed by atoms with E-state index >= 15 is 0 Å². The number of aromatic nitrogens is 2. The molecule has 0 fully saturated rings. The molecule has 2 N–H and O–H groups in total. The van der Waals surface area contributed by atoms with Crippen LogP contribution in [-0.4, -0.2) is 20.9 Å². The van der Waals surface area contributed by atoms with Crippen molar-refractivity contribution in [2.75, 3.05) is 10.6 Å². The number of carbonyl (C=O) groups is 2. The van der Waals surface area contributed by atoms with Crippen LogP contribution in [0.25, 0.3) is 43.6 Å². The van der Waals surface area contributed by atoms with Crippen LogP contribution in [0.4, 0.5) is 11.4 Å². The molecule has 2 aromatic heterocycles. The zero-order chi connectivity index (χ0) is 29.8. The van der Waals surface area contributed by atoms with Crippen LogP contribution in [0.2, 0.25) is 0 Å². The Morgan fingerprint density at radius 2 is 1.02 bits per heavy atom. The predicted octanol–water partition coefficient (Wildman–Crippen LogP) is 8.96. The van der Waals surface area contributed by atoms with Gasteiger partial charge in [-0.05, 0) is 75.2 Å². The standard InChI is InChI=1S/C20H24N2O.C16H16N2O/c1-4-14(5-2)20(23)21-15-11-12-19-17(13-15)16-9-7-8-10-18(16)22(19)6-3;1-3-18-15-7-5-4-6-13(15)14-10-12(17-11(2)19)8-9-16(14)18/h7-14H,4-6H2,1-3H3,(H,21,23);4-10H,3H2,1-2H3,(H,17,19). The number of para-hydroxylation sites is 2. The van der Waals surface area contributed by atoms with E-state index < -0.39 is 0 Å². The fourth-order valence-corrected chi connectivity index (χ4v) is 6.05. The average Bonchev–Trinajstić information content (AvgIpc) is 3.49. The van der Waals surface area contributed by atoms with Gasteiger partial charge in [-0.2, -0.15) is 0 Å². The number of hydrogen-bond donors (Lipinski definition) is 2. The van der Waals surface area contributed by atoms with Crippen LogP contribution in [-0.2, 0) is 22.7 Å². The highest BCUT2D eigenvalue weighted by Crippen LogP contribution is 2.32. The smallest absolute Gasteiger partial charge is 0.227 e. The molecule has 2 heterocycles. The first kappa shape index (κ1) is 28.9. The summed E-state index contributed by atoms with van der Waals surface area (Å²) in [7, 11) is 0. The molecule has 216 valence electrons. The first-order valence-electron chi connectivity index (χ1n) is 15.0. The number of hydrogen-bond acceptors (Lipinski definition) is 2. The van der Waals surface area contributed by atoms with Crippen molar-refractivity contribution >= 4 is 66.8 Å². The topological polar surface area (TPSA) is 68.1 Å². The lowest BCUT2D eigenvalue weighted by Crippen LogP contribution is -2.21. The van der Waals surface area contributed by atoms with Crippen LogP contribution < -0.4 is 10.6 Å². The van der Waals surface area contributed by atoms with E-state index in [0.717, 1.165) is 37.3 Å². The third-order valence-corrected chi connectivity index (χ3v) is 8.12. The molecule has 42 heavy (non-hydrogen) atoms. The number of nitrogens with one attached hydrogen (secondary N) is 2. The highest BCUT2D eigenvalue weighted by Gasteiger charge is 2.16. The summed E-state index contributed by atoms with van der Waals surface area (Å²) in [6.45, 7) is 11.8. The van der Waals surface area contributed by atoms with E-state index in [1.807, 2.05) is 24.3 Å². The van der Waals surface area contributed by atoms with Crippen LogP contribution in [0, 0.1) is 5.92 Å². The molecule has 0 saturated heterocycles. The molecule has 0 bridgehead atoms. The van der Waals surface area contributed by atoms with Crippen molar-refractivity contribution in [3.05, 3.63) is 84.9 Å². The van der Waals surface area contributed by atoms with Crippen LogP contribution in [0.15, 0.2) is 84.9 Å². The van der Waals surface area contributed by atoms with Crippen LogP contribution in [0.3, 0.4) is 0 Å². The van der Waals surface area contributed by atoms with Gasteiger partial charge in [0.25, 0.3) is 0 Å². The molecule has 0 radical (unpaired) electrons. The zero-order valence-electron chi connectivity index (χ0n) is 25.2. The third-order valence-electron chi connectivity index (χ3n) is 8.12. The number of fused-ring (bicyclic) bond motifs is 6. The first-order chi connectivity index (χ1) is 20.4. The van der Waals surface area contributed by atoms with E-state index in [1.165, 1.54) is 50.5 Å². The lowest BCUT2D eigenvalue weighted by molar-refractivity contribution is -0.120. The molecule has 6 nitrogen and oxygen atoms in total. The normalized spacial score (nSPS) is 11.3. The molecule has 4 aromatic carbocycles. The highest BCUT2D eigenvalue weighted by molar-refractivity contribution is 6.11. The van der Waals surface area contributed by atoms with Gasteiger partial charge in [0.2, 0.25) is 11.8 Å². The summed E-state index contributed by atoms with van der Waals surface area (Å²) in [5.74, 6) is 0.162. The maximum atomic E-state index is 12.3. The molecule has 0 spiro atoms. The second kappa shape index (κ2) is 12.5. The molecule has 6 aromatic rings. The van der Waals surface area contributed by atoms with E-state index in [4.69, 9.17) is 0 Å². The Hall–Kier alpha value is -4.58. The minimum atomic E-state index is -0.0430. The molecule has 6 rings (SSSR count). The summed E-state index contributed by atoms with van der Waals surface area (Å²) in [6.07, 6.45) is 1.75. The maximum Gasteiger partial charge on any atom is 0.227 e. The number of rotatable bonds is 7. The monoisotopic (exact) mass is 560 g/mol. The van der Waals surface area contributed by atoms with Gasteiger partial charge in [0.05, 0.1) is 0 Å². The number of anilines is 2. The first-order valence-corrected chi connectivity index (χ1v) is 15.0. The van der Waals surface area contributed by atoms with E-state index in [1.54, 1.807) is 0 Å². The van der Waals surface area contributed by atoms with Gasteiger partial charge in [-0.15, -0.1) is 0 Å². The Balaban J connectivity index is 0.000000171. The molecule has 0 saturated carbocycles.